The molecule has 4 aromatic rings. The molecule has 13 nitrogen and oxygen atoms in total. The minimum atomic E-state index is -0.304. The molecule has 4 aromatic heterocycles. The molecule has 2 saturated heterocycles. The molecule has 8 heterocycles. The average Bonchev–Trinajstić information content (AvgIpc) is 3.45. The molecule has 250 valence electrons. The highest BCUT2D eigenvalue weighted by molar-refractivity contribution is 5.98. The van der Waals surface area contributed by atoms with E-state index in [-0.39, 0.29) is 18.1 Å². The molecule has 0 spiro atoms. The summed E-state index contributed by atoms with van der Waals surface area (Å²) in [5.74, 6) is 0.856. The number of aromatic nitrogens is 4. The molecule has 0 radical (unpaired) electrons. The van der Waals surface area contributed by atoms with E-state index in [2.05, 4.69) is 42.0 Å². The number of amides is 1. The number of pyridine rings is 3. The highest BCUT2D eigenvalue weighted by Gasteiger charge is 2.33. The molecule has 1 atom stereocenters. The first kappa shape index (κ1) is 30.6. The second kappa shape index (κ2) is 12.4. The SMILES string of the molecule is C[C@H]1CN(C2COC2)CCN1c1ccc(Nc2cc(-c3ccnc(N4Cc5c(cn6c5CCCC6)C(=O)N4)c3CO)cn(C)c2=O)nc1. The first-order valence-electron chi connectivity index (χ1n) is 16.8. The average molecular weight is 652 g/mol. The molecule has 13 heteroatoms. The van der Waals surface area contributed by atoms with Gasteiger partial charge in [-0.25, -0.2) is 9.97 Å². The van der Waals surface area contributed by atoms with E-state index >= 15 is 0 Å². The van der Waals surface area contributed by atoms with Crippen molar-refractivity contribution in [3.63, 3.8) is 0 Å². The van der Waals surface area contributed by atoms with Crippen molar-refractivity contribution in [3.8, 4) is 11.1 Å². The van der Waals surface area contributed by atoms with Gasteiger partial charge in [0, 0.05) is 80.2 Å². The van der Waals surface area contributed by atoms with Gasteiger partial charge in [0.05, 0.1) is 49.9 Å². The third kappa shape index (κ3) is 5.41. The predicted molar refractivity (Wildman–Crippen MR) is 182 cm³/mol. The van der Waals surface area contributed by atoms with Crippen molar-refractivity contribution in [2.24, 2.45) is 7.05 Å². The molecule has 0 bridgehead atoms. The maximum atomic E-state index is 13.3. The van der Waals surface area contributed by atoms with E-state index in [1.54, 1.807) is 30.5 Å². The van der Waals surface area contributed by atoms with Gasteiger partial charge < -0.3 is 29.2 Å². The third-order valence-electron chi connectivity index (χ3n) is 10.2. The summed E-state index contributed by atoms with van der Waals surface area (Å²) in [4.78, 5) is 40.6. The summed E-state index contributed by atoms with van der Waals surface area (Å²) in [5.41, 5.74) is 9.09. The van der Waals surface area contributed by atoms with Gasteiger partial charge in [-0.1, -0.05) is 0 Å². The summed E-state index contributed by atoms with van der Waals surface area (Å²) in [6.07, 6.45) is 10.4. The molecule has 0 saturated carbocycles. The van der Waals surface area contributed by atoms with Crippen molar-refractivity contribution in [1.29, 1.82) is 0 Å². The maximum Gasteiger partial charge on any atom is 0.274 e. The summed E-state index contributed by atoms with van der Waals surface area (Å²) in [5, 5.41) is 15.6. The number of ether oxygens (including phenoxy) is 1. The summed E-state index contributed by atoms with van der Waals surface area (Å²) in [6, 6.07) is 8.43. The predicted octanol–water partition coefficient (Wildman–Crippen LogP) is 2.79. The van der Waals surface area contributed by atoms with Crippen molar-refractivity contribution in [2.45, 2.75) is 58.0 Å². The number of rotatable bonds is 7. The number of nitrogens with one attached hydrogen (secondary N) is 2. The Labute approximate surface area is 278 Å². The van der Waals surface area contributed by atoms with Crippen LogP contribution >= 0.6 is 0 Å². The standard InChI is InChI=1S/C35H41N9O4/c1-22-15-41(25-20-48-21-25)11-12-43(22)24-6-7-32(37-14-24)38-30-13-23(16-40(2)35(30)47)26-8-9-36-33(29(26)19-45)44-18-27-28(34(46)39-44)17-42-10-4-3-5-31(27)42/h6-9,13-14,16-17,22,25,45H,3-5,10-12,15,18-21H2,1-2H3,(H,37,38)(H,39,46)/t22-/m0/s1. The van der Waals surface area contributed by atoms with E-state index in [1.165, 1.54) is 10.3 Å². The first-order valence-corrected chi connectivity index (χ1v) is 16.8. The highest BCUT2D eigenvalue weighted by Crippen LogP contribution is 2.34. The number of hydrogen-bond donors (Lipinski definition) is 3. The first-order chi connectivity index (χ1) is 23.4. The van der Waals surface area contributed by atoms with Crippen LogP contribution in [0.1, 0.15) is 46.9 Å². The Kier molecular flexibility index (Phi) is 7.89. The van der Waals surface area contributed by atoms with Crippen molar-refractivity contribution in [2.75, 3.05) is 48.1 Å². The third-order valence-corrected chi connectivity index (χ3v) is 10.2. The van der Waals surface area contributed by atoms with Gasteiger partial charge in [-0.15, -0.1) is 0 Å². The van der Waals surface area contributed by atoms with Gasteiger partial charge in [-0.2, -0.15) is 0 Å². The zero-order valence-corrected chi connectivity index (χ0v) is 27.4. The fraction of sp³-hybridized carbons (Fsp3) is 0.429. The van der Waals surface area contributed by atoms with Crippen molar-refractivity contribution < 1.29 is 14.6 Å². The number of carbonyl (C=O) groups is 1. The molecular formula is C35H41N9O4. The Morgan fingerprint density at radius 1 is 1.06 bits per heavy atom. The van der Waals surface area contributed by atoms with E-state index in [1.807, 2.05) is 30.6 Å². The molecule has 0 aliphatic carbocycles. The Hall–Kier alpha value is -4.72. The van der Waals surface area contributed by atoms with Gasteiger partial charge in [0.15, 0.2) is 5.82 Å². The van der Waals surface area contributed by atoms with Gasteiger partial charge in [0.1, 0.15) is 11.5 Å². The Morgan fingerprint density at radius 3 is 2.69 bits per heavy atom. The number of hydrogen-bond acceptors (Lipinski definition) is 10. The van der Waals surface area contributed by atoms with Gasteiger partial charge in [0.25, 0.3) is 11.5 Å². The van der Waals surface area contributed by atoms with Crippen LogP contribution in [0.25, 0.3) is 11.1 Å². The van der Waals surface area contributed by atoms with Gasteiger partial charge >= 0.3 is 0 Å². The number of piperazine rings is 1. The molecule has 8 rings (SSSR count). The normalized spacial score (nSPS) is 19.8. The summed E-state index contributed by atoms with van der Waals surface area (Å²) >= 11 is 0. The van der Waals surface area contributed by atoms with Crippen LogP contribution in [-0.4, -0.2) is 79.9 Å². The molecule has 4 aliphatic rings. The van der Waals surface area contributed by atoms with Crippen molar-refractivity contribution in [3.05, 3.63) is 81.8 Å². The molecule has 4 aliphatic heterocycles. The van der Waals surface area contributed by atoms with Gasteiger partial charge in [-0.3, -0.25) is 24.9 Å². The van der Waals surface area contributed by atoms with E-state index in [4.69, 9.17) is 4.74 Å². The van der Waals surface area contributed by atoms with Crippen molar-refractivity contribution in [1.82, 2.24) is 29.4 Å². The quantitative estimate of drug-likeness (QED) is 0.274. The molecule has 48 heavy (non-hydrogen) atoms. The van der Waals surface area contributed by atoms with Crippen LogP contribution in [0.15, 0.2) is 53.8 Å². The number of aryl methyl sites for hydroxylation is 2. The number of aliphatic hydroxyl groups excluding tert-OH is 1. The summed E-state index contributed by atoms with van der Waals surface area (Å²) in [6.45, 7) is 7.87. The largest absolute Gasteiger partial charge is 0.392 e. The van der Waals surface area contributed by atoms with Crippen LogP contribution in [0.4, 0.5) is 23.0 Å². The smallest absolute Gasteiger partial charge is 0.274 e. The Balaban J connectivity index is 1.04. The van der Waals surface area contributed by atoms with Crippen LogP contribution in [0, 0.1) is 0 Å². The lowest BCUT2D eigenvalue weighted by Crippen LogP contribution is -2.59. The summed E-state index contributed by atoms with van der Waals surface area (Å²) < 4.78 is 9.10. The topological polar surface area (TPSA) is 133 Å². The van der Waals surface area contributed by atoms with Crippen LogP contribution in [0.3, 0.4) is 0 Å². The van der Waals surface area contributed by atoms with E-state index in [9.17, 15) is 14.7 Å². The molecule has 3 N–H and O–H groups in total. The fourth-order valence-corrected chi connectivity index (χ4v) is 7.58. The minimum Gasteiger partial charge on any atom is -0.392 e. The monoisotopic (exact) mass is 651 g/mol. The highest BCUT2D eigenvalue weighted by atomic mass is 16.5. The number of aliphatic hydroxyl groups is 1. The zero-order valence-electron chi connectivity index (χ0n) is 27.4. The molecule has 2 fully saturated rings. The van der Waals surface area contributed by atoms with Crippen LogP contribution in [0.5, 0.6) is 0 Å². The minimum absolute atomic E-state index is 0.179. The molecular weight excluding hydrogens is 610 g/mol. The lowest BCUT2D eigenvalue weighted by Gasteiger charge is -2.46. The van der Waals surface area contributed by atoms with Crippen molar-refractivity contribution >= 4 is 28.9 Å². The second-order valence-electron chi connectivity index (χ2n) is 13.3. The molecule has 0 unspecified atom stereocenters. The maximum absolute atomic E-state index is 13.3. The van der Waals surface area contributed by atoms with Gasteiger partial charge in [-0.05, 0) is 56.0 Å². The summed E-state index contributed by atoms with van der Waals surface area (Å²) in [7, 11) is 1.70. The van der Waals surface area contributed by atoms with E-state index < -0.39 is 0 Å². The van der Waals surface area contributed by atoms with E-state index in [0.29, 0.717) is 52.6 Å². The number of carbonyl (C=O) groups excluding carboxylic acids is 1. The molecule has 1 amide bonds. The van der Waals surface area contributed by atoms with Crippen LogP contribution < -0.4 is 26.2 Å². The zero-order chi connectivity index (χ0) is 32.9. The van der Waals surface area contributed by atoms with Gasteiger partial charge in [0.2, 0.25) is 0 Å². The van der Waals surface area contributed by atoms with Crippen LogP contribution in [-0.2, 0) is 37.9 Å². The Morgan fingerprint density at radius 2 is 1.94 bits per heavy atom. The number of anilines is 4. The molecule has 0 aromatic carbocycles. The second-order valence-corrected chi connectivity index (χ2v) is 13.3. The van der Waals surface area contributed by atoms with E-state index in [0.717, 1.165) is 75.5 Å². The lowest BCUT2D eigenvalue weighted by atomic mass is 10.0. The number of nitrogens with zero attached hydrogens (tertiary/aromatic N) is 7. The number of hydrazine groups is 1. The fourth-order valence-electron chi connectivity index (χ4n) is 7.58. The van der Waals surface area contributed by atoms with Crippen LogP contribution in [0.2, 0.25) is 0 Å². The number of fused-ring (bicyclic) bond motifs is 3. The Bertz CT molecular complexity index is 1920. The lowest BCUT2D eigenvalue weighted by molar-refractivity contribution is -0.0691.